The van der Waals surface area contributed by atoms with E-state index < -0.39 is 5.97 Å². The summed E-state index contributed by atoms with van der Waals surface area (Å²) in [6.07, 6.45) is 4.65. The van der Waals surface area contributed by atoms with Crippen LogP contribution in [0.4, 0.5) is 5.13 Å². The van der Waals surface area contributed by atoms with Gasteiger partial charge in [-0.1, -0.05) is 36.8 Å². The molecule has 0 aromatic carbocycles. The summed E-state index contributed by atoms with van der Waals surface area (Å²) in [7, 11) is 1.34. The molecular formula is C13H19ClN2O2S. The van der Waals surface area contributed by atoms with E-state index in [1.807, 2.05) is 0 Å². The van der Waals surface area contributed by atoms with Gasteiger partial charge in [0.2, 0.25) is 0 Å². The number of ether oxygens (including phenoxy) is 1. The predicted octanol–water partition coefficient (Wildman–Crippen LogP) is 3.96. The summed E-state index contributed by atoms with van der Waals surface area (Å²) in [6.45, 7) is 4.61. The Morgan fingerprint density at radius 1 is 1.47 bits per heavy atom. The molecule has 1 aromatic heterocycles. The molecule has 1 heterocycles. The molecule has 0 saturated heterocycles. The van der Waals surface area contributed by atoms with Gasteiger partial charge in [-0.3, -0.25) is 0 Å². The summed E-state index contributed by atoms with van der Waals surface area (Å²) in [5.74, 6) is -0.430. The van der Waals surface area contributed by atoms with E-state index in [9.17, 15) is 4.79 Å². The van der Waals surface area contributed by atoms with Crippen LogP contribution >= 0.6 is 22.9 Å². The Labute approximate surface area is 122 Å². The van der Waals surface area contributed by atoms with Crippen LogP contribution in [0.15, 0.2) is 0 Å². The fourth-order valence-electron chi connectivity index (χ4n) is 2.30. The second-order valence-electron chi connectivity index (χ2n) is 5.71. The summed E-state index contributed by atoms with van der Waals surface area (Å²) >= 11 is 7.20. The van der Waals surface area contributed by atoms with E-state index in [0.717, 1.165) is 12.8 Å². The minimum atomic E-state index is -0.430. The number of halogens is 1. The zero-order valence-corrected chi connectivity index (χ0v) is 13.0. The van der Waals surface area contributed by atoms with Crippen molar-refractivity contribution in [2.45, 2.75) is 45.6 Å². The quantitative estimate of drug-likeness (QED) is 0.859. The van der Waals surface area contributed by atoms with Crippen molar-refractivity contribution in [1.29, 1.82) is 0 Å². The van der Waals surface area contributed by atoms with Gasteiger partial charge in [0, 0.05) is 6.04 Å². The molecule has 0 bridgehead atoms. The maximum absolute atomic E-state index is 11.5. The van der Waals surface area contributed by atoms with Crippen LogP contribution in [-0.4, -0.2) is 24.1 Å². The van der Waals surface area contributed by atoms with Gasteiger partial charge in [-0.25, -0.2) is 9.78 Å². The Kier molecular flexibility index (Phi) is 4.36. The van der Waals surface area contributed by atoms with E-state index >= 15 is 0 Å². The van der Waals surface area contributed by atoms with Crippen LogP contribution in [-0.2, 0) is 4.74 Å². The largest absolute Gasteiger partial charge is 0.465 e. The molecular weight excluding hydrogens is 284 g/mol. The third-order valence-corrected chi connectivity index (χ3v) is 4.98. The molecule has 1 aromatic rings. The fraction of sp³-hybridized carbons (Fsp3) is 0.692. The average molecular weight is 303 g/mol. The maximum Gasteiger partial charge on any atom is 0.351 e. The number of anilines is 1. The van der Waals surface area contributed by atoms with Crippen LogP contribution < -0.4 is 5.32 Å². The normalized spacial score (nSPS) is 19.2. The van der Waals surface area contributed by atoms with Crippen molar-refractivity contribution in [2.75, 3.05) is 12.4 Å². The van der Waals surface area contributed by atoms with E-state index in [-0.39, 0.29) is 5.15 Å². The second-order valence-corrected chi connectivity index (χ2v) is 7.07. The van der Waals surface area contributed by atoms with Crippen LogP contribution in [0.2, 0.25) is 5.15 Å². The lowest BCUT2D eigenvalue weighted by Gasteiger charge is -2.34. The molecule has 1 fully saturated rings. The van der Waals surface area contributed by atoms with Gasteiger partial charge in [0.1, 0.15) is 0 Å². The highest BCUT2D eigenvalue weighted by atomic mass is 35.5. The monoisotopic (exact) mass is 302 g/mol. The maximum atomic E-state index is 11.5. The zero-order chi connectivity index (χ0) is 14.0. The first-order chi connectivity index (χ1) is 8.91. The molecule has 0 amide bonds. The Balaban J connectivity index is 1.99. The number of nitrogens with zero attached hydrogens (tertiary/aromatic N) is 1. The number of carbonyl (C=O) groups excluding carboxylic acids is 1. The predicted molar refractivity (Wildman–Crippen MR) is 78.1 cm³/mol. The number of rotatable bonds is 3. The van der Waals surface area contributed by atoms with Crippen molar-refractivity contribution in [3.8, 4) is 0 Å². The topological polar surface area (TPSA) is 51.2 Å². The van der Waals surface area contributed by atoms with Gasteiger partial charge < -0.3 is 10.1 Å². The molecule has 19 heavy (non-hydrogen) atoms. The number of aromatic nitrogens is 1. The van der Waals surface area contributed by atoms with Gasteiger partial charge in [0.05, 0.1) is 7.11 Å². The Morgan fingerprint density at radius 2 is 2.11 bits per heavy atom. The molecule has 0 unspecified atom stereocenters. The van der Waals surface area contributed by atoms with Crippen molar-refractivity contribution in [3.05, 3.63) is 10.0 Å². The lowest BCUT2D eigenvalue weighted by molar-refractivity contribution is 0.0606. The Morgan fingerprint density at radius 3 is 2.68 bits per heavy atom. The number of hydrogen-bond donors (Lipinski definition) is 1. The molecule has 0 atom stereocenters. The van der Waals surface area contributed by atoms with Crippen molar-refractivity contribution in [3.63, 3.8) is 0 Å². The molecule has 1 aliphatic rings. The van der Waals surface area contributed by atoms with Gasteiger partial charge in [0.15, 0.2) is 15.2 Å². The highest BCUT2D eigenvalue weighted by molar-refractivity contribution is 7.18. The van der Waals surface area contributed by atoms with Crippen LogP contribution in [0.5, 0.6) is 0 Å². The molecule has 0 aliphatic heterocycles. The lowest BCUT2D eigenvalue weighted by Crippen LogP contribution is -2.29. The first-order valence-electron chi connectivity index (χ1n) is 6.42. The minimum absolute atomic E-state index is 0.218. The number of carbonyl (C=O) groups is 1. The summed E-state index contributed by atoms with van der Waals surface area (Å²) in [6, 6.07) is 0.417. The molecule has 106 valence electrons. The Hall–Kier alpha value is -0.810. The number of nitrogens with one attached hydrogen (secondary N) is 1. The molecule has 1 N–H and O–H groups in total. The fourth-order valence-corrected chi connectivity index (χ4v) is 3.48. The van der Waals surface area contributed by atoms with E-state index in [1.54, 1.807) is 0 Å². The molecule has 1 aliphatic carbocycles. The van der Waals surface area contributed by atoms with Crippen LogP contribution in [0.3, 0.4) is 0 Å². The van der Waals surface area contributed by atoms with Crippen molar-refractivity contribution in [2.24, 2.45) is 5.41 Å². The third kappa shape index (κ3) is 3.60. The highest BCUT2D eigenvalue weighted by Gasteiger charge is 2.27. The smallest absolute Gasteiger partial charge is 0.351 e. The second kappa shape index (κ2) is 5.67. The van der Waals surface area contributed by atoms with Crippen LogP contribution in [0.25, 0.3) is 0 Å². The first kappa shape index (κ1) is 14.6. The standard InChI is InChI=1S/C13H19ClN2O2S/c1-13(2)6-4-8(5-7-13)15-12-16-10(14)9(19-12)11(17)18-3/h8H,4-7H2,1-3H3,(H,15,16). The summed E-state index contributed by atoms with van der Waals surface area (Å²) < 4.78 is 4.67. The van der Waals surface area contributed by atoms with E-state index in [4.69, 9.17) is 11.6 Å². The van der Waals surface area contributed by atoms with Gasteiger partial charge in [0.25, 0.3) is 0 Å². The van der Waals surface area contributed by atoms with E-state index in [0.29, 0.717) is 21.5 Å². The van der Waals surface area contributed by atoms with Gasteiger partial charge in [-0.15, -0.1) is 0 Å². The van der Waals surface area contributed by atoms with Crippen molar-refractivity contribution >= 4 is 34.0 Å². The summed E-state index contributed by atoms with van der Waals surface area (Å²) in [4.78, 5) is 16.0. The van der Waals surface area contributed by atoms with Crippen LogP contribution in [0.1, 0.15) is 49.2 Å². The number of methoxy groups -OCH3 is 1. The Bertz CT molecular complexity index is 463. The SMILES string of the molecule is COC(=O)c1sc(NC2CCC(C)(C)CC2)nc1Cl. The number of hydrogen-bond acceptors (Lipinski definition) is 5. The highest BCUT2D eigenvalue weighted by Crippen LogP contribution is 2.37. The molecule has 0 spiro atoms. The van der Waals surface area contributed by atoms with Gasteiger partial charge >= 0.3 is 5.97 Å². The molecule has 0 radical (unpaired) electrons. The molecule has 2 rings (SSSR count). The zero-order valence-electron chi connectivity index (χ0n) is 11.5. The van der Waals surface area contributed by atoms with Crippen molar-refractivity contribution < 1.29 is 9.53 Å². The van der Waals surface area contributed by atoms with Crippen LogP contribution in [0, 0.1) is 5.41 Å². The molecule has 4 nitrogen and oxygen atoms in total. The first-order valence-corrected chi connectivity index (χ1v) is 7.62. The lowest BCUT2D eigenvalue weighted by atomic mass is 9.76. The number of thiazole rings is 1. The van der Waals surface area contributed by atoms with E-state index in [1.165, 1.54) is 31.3 Å². The third-order valence-electron chi connectivity index (χ3n) is 3.62. The van der Waals surface area contributed by atoms with Crippen molar-refractivity contribution in [1.82, 2.24) is 4.98 Å². The van der Waals surface area contributed by atoms with Gasteiger partial charge in [-0.2, -0.15) is 0 Å². The summed E-state index contributed by atoms with van der Waals surface area (Å²) in [5, 5.41) is 4.30. The average Bonchev–Trinajstić information content (AvgIpc) is 2.72. The number of esters is 1. The minimum Gasteiger partial charge on any atom is -0.465 e. The van der Waals surface area contributed by atoms with Gasteiger partial charge in [-0.05, 0) is 31.1 Å². The molecule has 1 saturated carbocycles. The van der Waals surface area contributed by atoms with E-state index in [2.05, 4.69) is 28.9 Å². The molecule has 6 heteroatoms. The summed E-state index contributed by atoms with van der Waals surface area (Å²) in [5.41, 5.74) is 0.440.